The molecule has 3 rings (SSSR count). The van der Waals surface area contributed by atoms with Crippen LogP contribution in [0.25, 0.3) is 0 Å². The quantitative estimate of drug-likeness (QED) is 0.356. The van der Waals surface area contributed by atoms with Crippen LogP contribution in [0.5, 0.6) is 5.75 Å². The van der Waals surface area contributed by atoms with Crippen molar-refractivity contribution in [2.75, 3.05) is 11.9 Å². The number of anilines is 1. The Kier molecular flexibility index (Phi) is 6.90. The average Bonchev–Trinajstić information content (AvgIpc) is 2.78. The van der Waals surface area contributed by atoms with E-state index in [-0.39, 0.29) is 17.2 Å². The molecule has 1 amide bonds. The maximum atomic E-state index is 12.5. The number of rotatable bonds is 7. The molecule has 0 saturated heterocycles. The Morgan fingerprint density at radius 3 is 2.10 bits per heavy atom. The lowest BCUT2D eigenvalue weighted by molar-refractivity contribution is -0.131. The molecule has 0 aliphatic rings. The first-order valence-corrected chi connectivity index (χ1v) is 9.38. The van der Waals surface area contributed by atoms with E-state index in [0.717, 1.165) is 0 Å². The second-order valence-corrected chi connectivity index (χ2v) is 6.48. The van der Waals surface area contributed by atoms with Crippen LogP contribution in [0, 0.1) is 0 Å². The molecular formula is C24H19NO6. The third kappa shape index (κ3) is 5.86. The molecule has 0 aromatic heterocycles. The predicted octanol–water partition coefficient (Wildman–Crippen LogP) is 3.90. The molecular weight excluding hydrogens is 398 g/mol. The molecule has 156 valence electrons. The Balaban J connectivity index is 1.63. The standard InChI is InChI=1S/C24H19NO6/c1-16(26)31-19-13-11-17(12-14-19)22(27)15-30-24(29)20-9-5-6-10-21(20)25-23(28)18-7-3-2-4-8-18/h2-14H,15H2,1H3,(H,25,28). The second-order valence-electron chi connectivity index (χ2n) is 6.48. The fourth-order valence-corrected chi connectivity index (χ4v) is 2.72. The number of carbonyl (C=O) groups excluding carboxylic acids is 4. The van der Waals surface area contributed by atoms with Crippen LogP contribution in [0.4, 0.5) is 5.69 Å². The van der Waals surface area contributed by atoms with Crippen LogP contribution in [0.15, 0.2) is 78.9 Å². The summed E-state index contributed by atoms with van der Waals surface area (Å²) in [6, 6.07) is 20.9. The van der Waals surface area contributed by atoms with Gasteiger partial charge in [-0.05, 0) is 48.5 Å². The van der Waals surface area contributed by atoms with Crippen LogP contribution in [-0.4, -0.2) is 30.2 Å². The molecule has 3 aromatic carbocycles. The summed E-state index contributed by atoms with van der Waals surface area (Å²) >= 11 is 0. The zero-order chi connectivity index (χ0) is 22.2. The summed E-state index contributed by atoms with van der Waals surface area (Å²) in [5.41, 5.74) is 1.15. The van der Waals surface area contributed by atoms with E-state index in [1.54, 1.807) is 48.5 Å². The van der Waals surface area contributed by atoms with Crippen LogP contribution in [0.1, 0.15) is 38.0 Å². The number of esters is 2. The minimum absolute atomic E-state index is 0.129. The normalized spacial score (nSPS) is 10.1. The summed E-state index contributed by atoms with van der Waals surface area (Å²) in [7, 11) is 0. The Hall–Kier alpha value is -4.26. The summed E-state index contributed by atoms with van der Waals surface area (Å²) in [5, 5.41) is 2.68. The second kappa shape index (κ2) is 9.98. The molecule has 0 fully saturated rings. The number of benzene rings is 3. The topological polar surface area (TPSA) is 98.8 Å². The van der Waals surface area contributed by atoms with Crippen molar-refractivity contribution in [1.82, 2.24) is 0 Å². The summed E-state index contributed by atoms with van der Waals surface area (Å²) in [6.45, 7) is 0.797. The molecule has 0 radical (unpaired) electrons. The van der Waals surface area contributed by atoms with Gasteiger partial charge in [0.05, 0.1) is 11.3 Å². The van der Waals surface area contributed by atoms with Crippen molar-refractivity contribution in [3.63, 3.8) is 0 Å². The third-order valence-corrected chi connectivity index (χ3v) is 4.20. The number of carbonyl (C=O) groups is 4. The first-order valence-electron chi connectivity index (χ1n) is 9.38. The van der Waals surface area contributed by atoms with E-state index in [4.69, 9.17) is 9.47 Å². The van der Waals surface area contributed by atoms with Crippen molar-refractivity contribution >= 4 is 29.3 Å². The summed E-state index contributed by atoms with van der Waals surface area (Å²) in [6.07, 6.45) is 0. The molecule has 0 aliphatic heterocycles. The minimum atomic E-state index is -0.742. The number of ether oxygens (including phenoxy) is 2. The predicted molar refractivity (Wildman–Crippen MR) is 113 cm³/mol. The zero-order valence-electron chi connectivity index (χ0n) is 16.7. The highest BCUT2D eigenvalue weighted by atomic mass is 16.5. The highest BCUT2D eigenvalue weighted by molar-refractivity contribution is 6.08. The number of hydrogen-bond donors (Lipinski definition) is 1. The summed E-state index contributed by atoms with van der Waals surface area (Å²) in [4.78, 5) is 48.2. The molecule has 3 aromatic rings. The van der Waals surface area contributed by atoms with Crippen molar-refractivity contribution < 1.29 is 28.7 Å². The molecule has 31 heavy (non-hydrogen) atoms. The number of amides is 1. The van der Waals surface area contributed by atoms with Crippen LogP contribution in [0.2, 0.25) is 0 Å². The summed E-state index contributed by atoms with van der Waals surface area (Å²) < 4.78 is 10.1. The van der Waals surface area contributed by atoms with E-state index in [2.05, 4.69) is 5.32 Å². The molecule has 7 heteroatoms. The molecule has 0 unspecified atom stereocenters. The Morgan fingerprint density at radius 2 is 1.42 bits per heavy atom. The van der Waals surface area contributed by atoms with Gasteiger partial charge in [-0.2, -0.15) is 0 Å². The van der Waals surface area contributed by atoms with Gasteiger partial charge in [0, 0.05) is 18.1 Å². The molecule has 0 saturated carbocycles. The van der Waals surface area contributed by atoms with Gasteiger partial charge in [-0.3, -0.25) is 14.4 Å². The van der Waals surface area contributed by atoms with E-state index in [9.17, 15) is 19.2 Å². The van der Waals surface area contributed by atoms with E-state index in [1.165, 1.54) is 37.3 Å². The van der Waals surface area contributed by atoms with Crippen LogP contribution in [-0.2, 0) is 9.53 Å². The van der Waals surface area contributed by atoms with Gasteiger partial charge in [0.1, 0.15) is 5.75 Å². The SMILES string of the molecule is CC(=O)Oc1ccc(C(=O)COC(=O)c2ccccc2NC(=O)c2ccccc2)cc1. The van der Waals surface area contributed by atoms with Crippen molar-refractivity contribution in [2.24, 2.45) is 0 Å². The Labute approximate surface area is 178 Å². The lowest BCUT2D eigenvalue weighted by atomic mass is 10.1. The van der Waals surface area contributed by atoms with Gasteiger partial charge in [0.15, 0.2) is 12.4 Å². The van der Waals surface area contributed by atoms with Gasteiger partial charge in [0.25, 0.3) is 5.91 Å². The largest absolute Gasteiger partial charge is 0.454 e. The number of nitrogens with one attached hydrogen (secondary N) is 1. The molecule has 0 aliphatic carbocycles. The average molecular weight is 417 g/mol. The Morgan fingerprint density at radius 1 is 0.774 bits per heavy atom. The van der Waals surface area contributed by atoms with Gasteiger partial charge < -0.3 is 14.8 Å². The molecule has 7 nitrogen and oxygen atoms in total. The van der Waals surface area contributed by atoms with Crippen molar-refractivity contribution in [2.45, 2.75) is 6.92 Å². The summed E-state index contributed by atoms with van der Waals surface area (Å²) in [5.74, 6) is -1.69. The van der Waals surface area contributed by atoms with Crippen molar-refractivity contribution in [3.05, 3.63) is 95.6 Å². The lowest BCUT2D eigenvalue weighted by Crippen LogP contribution is -2.18. The fraction of sp³-hybridized carbons (Fsp3) is 0.0833. The smallest absolute Gasteiger partial charge is 0.340 e. The van der Waals surface area contributed by atoms with Gasteiger partial charge in [-0.25, -0.2) is 4.79 Å². The van der Waals surface area contributed by atoms with Gasteiger partial charge >= 0.3 is 11.9 Å². The first kappa shape index (κ1) is 21.4. The molecule has 0 spiro atoms. The van der Waals surface area contributed by atoms with Gasteiger partial charge in [-0.1, -0.05) is 30.3 Å². The fourth-order valence-electron chi connectivity index (χ4n) is 2.72. The third-order valence-electron chi connectivity index (χ3n) is 4.20. The van der Waals surface area contributed by atoms with Crippen molar-refractivity contribution in [3.8, 4) is 5.75 Å². The highest BCUT2D eigenvalue weighted by Gasteiger charge is 2.17. The van der Waals surface area contributed by atoms with Crippen molar-refractivity contribution in [1.29, 1.82) is 0 Å². The number of ketones is 1. The maximum Gasteiger partial charge on any atom is 0.340 e. The van der Waals surface area contributed by atoms with Crippen LogP contribution < -0.4 is 10.1 Å². The van der Waals surface area contributed by atoms with E-state index in [0.29, 0.717) is 16.9 Å². The molecule has 0 bridgehead atoms. The van der Waals surface area contributed by atoms with Crippen LogP contribution in [0.3, 0.4) is 0 Å². The minimum Gasteiger partial charge on any atom is -0.454 e. The number of para-hydroxylation sites is 1. The van der Waals surface area contributed by atoms with E-state index in [1.807, 2.05) is 0 Å². The molecule has 1 N–H and O–H groups in total. The van der Waals surface area contributed by atoms with E-state index < -0.39 is 24.3 Å². The first-order chi connectivity index (χ1) is 14.9. The number of Topliss-reactive ketones (excluding diaryl/α,β-unsaturated/α-hetero) is 1. The highest BCUT2D eigenvalue weighted by Crippen LogP contribution is 2.18. The van der Waals surface area contributed by atoms with Gasteiger partial charge in [0.2, 0.25) is 0 Å². The Bertz CT molecular complexity index is 1110. The monoisotopic (exact) mass is 417 g/mol. The lowest BCUT2D eigenvalue weighted by Gasteiger charge is -2.11. The van der Waals surface area contributed by atoms with Crippen LogP contribution >= 0.6 is 0 Å². The maximum absolute atomic E-state index is 12.5. The van der Waals surface area contributed by atoms with E-state index >= 15 is 0 Å². The molecule has 0 heterocycles. The molecule has 0 atom stereocenters. The van der Waals surface area contributed by atoms with Gasteiger partial charge in [-0.15, -0.1) is 0 Å². The zero-order valence-corrected chi connectivity index (χ0v) is 16.7. The number of hydrogen-bond acceptors (Lipinski definition) is 6.